The van der Waals surface area contributed by atoms with Gasteiger partial charge in [0.25, 0.3) is 0 Å². The minimum absolute atomic E-state index is 0.339. The van der Waals surface area contributed by atoms with Crippen molar-refractivity contribution in [2.24, 2.45) is 5.41 Å². The lowest BCUT2D eigenvalue weighted by molar-refractivity contribution is -0.139. The number of hydrogen-bond donors (Lipinski definition) is 0. The van der Waals surface area contributed by atoms with Crippen LogP contribution in [-0.4, -0.2) is 12.6 Å². The van der Waals surface area contributed by atoms with Gasteiger partial charge in [-0.05, 0) is 31.9 Å². The molecule has 0 atom stereocenters. The van der Waals surface area contributed by atoms with Gasteiger partial charge in [0, 0.05) is 0 Å². The van der Waals surface area contributed by atoms with E-state index in [0.717, 1.165) is 12.0 Å². The lowest BCUT2D eigenvalue weighted by atomic mass is 9.84. The maximum atomic E-state index is 12.1. The highest BCUT2D eigenvalue weighted by molar-refractivity contribution is 5.95. The average molecular weight is 256 g/mol. The summed E-state index contributed by atoms with van der Waals surface area (Å²) < 4.78 is 5.21. The van der Waals surface area contributed by atoms with Crippen LogP contribution in [0.1, 0.15) is 32.8 Å². The molecule has 0 N–H and O–H groups in total. The standard InChI is InChI=1S/C17H20O2/c1-5-12-19-16(18)15(17(3,4)6-2)13-14-10-8-7-9-11-14/h2,7-11,13H,5,12H2,1,3-4H3. The molecule has 1 aromatic carbocycles. The first kappa shape index (κ1) is 15.0. The van der Waals surface area contributed by atoms with Gasteiger partial charge in [-0.15, -0.1) is 6.42 Å². The Bertz CT molecular complexity index is 490. The molecule has 0 aliphatic carbocycles. The summed E-state index contributed by atoms with van der Waals surface area (Å²) in [7, 11) is 0. The van der Waals surface area contributed by atoms with Crippen LogP contribution in [0.5, 0.6) is 0 Å². The van der Waals surface area contributed by atoms with Crippen LogP contribution >= 0.6 is 0 Å². The number of ether oxygens (including phenoxy) is 1. The van der Waals surface area contributed by atoms with Crippen LogP contribution in [0.4, 0.5) is 0 Å². The quantitative estimate of drug-likeness (QED) is 0.456. The van der Waals surface area contributed by atoms with E-state index in [2.05, 4.69) is 5.92 Å². The van der Waals surface area contributed by atoms with Crippen LogP contribution in [0, 0.1) is 17.8 Å². The number of carbonyl (C=O) groups is 1. The molecule has 0 bridgehead atoms. The molecular weight excluding hydrogens is 236 g/mol. The van der Waals surface area contributed by atoms with Crippen molar-refractivity contribution in [1.29, 1.82) is 0 Å². The third-order valence-corrected chi connectivity index (χ3v) is 2.80. The molecule has 0 fully saturated rings. The molecular formula is C17H20O2. The second kappa shape index (κ2) is 6.80. The topological polar surface area (TPSA) is 26.3 Å². The minimum Gasteiger partial charge on any atom is -0.462 e. The van der Waals surface area contributed by atoms with Gasteiger partial charge < -0.3 is 4.74 Å². The summed E-state index contributed by atoms with van der Waals surface area (Å²) in [6.45, 7) is 6.05. The zero-order valence-electron chi connectivity index (χ0n) is 11.8. The molecule has 0 spiro atoms. The second-order valence-corrected chi connectivity index (χ2v) is 4.87. The fourth-order valence-corrected chi connectivity index (χ4v) is 1.56. The Morgan fingerprint density at radius 2 is 2.00 bits per heavy atom. The van der Waals surface area contributed by atoms with E-state index in [1.807, 2.05) is 51.1 Å². The largest absolute Gasteiger partial charge is 0.462 e. The Hall–Kier alpha value is -2.01. The molecule has 0 saturated carbocycles. The highest BCUT2D eigenvalue weighted by atomic mass is 16.5. The third-order valence-electron chi connectivity index (χ3n) is 2.80. The van der Waals surface area contributed by atoms with E-state index < -0.39 is 5.41 Å². The molecule has 0 amide bonds. The molecule has 1 aromatic rings. The van der Waals surface area contributed by atoms with Gasteiger partial charge in [-0.25, -0.2) is 4.79 Å². The predicted octanol–water partition coefficient (Wildman–Crippen LogP) is 3.68. The third kappa shape index (κ3) is 4.30. The van der Waals surface area contributed by atoms with Gasteiger partial charge in [0.1, 0.15) is 0 Å². The monoisotopic (exact) mass is 256 g/mol. The highest BCUT2D eigenvalue weighted by Crippen LogP contribution is 2.28. The Labute approximate surface area is 115 Å². The minimum atomic E-state index is -0.652. The van der Waals surface area contributed by atoms with Crippen molar-refractivity contribution >= 4 is 12.0 Å². The summed E-state index contributed by atoms with van der Waals surface area (Å²) in [5, 5.41) is 0. The SMILES string of the molecule is C#CC(C)(C)C(=Cc1ccccc1)C(=O)OCCC. The van der Waals surface area contributed by atoms with E-state index in [-0.39, 0.29) is 5.97 Å². The molecule has 1 rings (SSSR count). The van der Waals surface area contributed by atoms with Crippen molar-refractivity contribution in [1.82, 2.24) is 0 Å². The summed E-state index contributed by atoms with van der Waals surface area (Å²) in [5.41, 5.74) is 0.796. The van der Waals surface area contributed by atoms with Crippen LogP contribution in [0.25, 0.3) is 6.08 Å². The molecule has 0 aliphatic heterocycles. The average Bonchev–Trinajstić information content (AvgIpc) is 2.43. The first-order valence-electron chi connectivity index (χ1n) is 6.43. The molecule has 100 valence electrons. The van der Waals surface area contributed by atoms with E-state index in [4.69, 9.17) is 11.2 Å². The Morgan fingerprint density at radius 3 is 2.53 bits per heavy atom. The van der Waals surface area contributed by atoms with Gasteiger partial charge in [-0.1, -0.05) is 43.2 Å². The lowest BCUT2D eigenvalue weighted by Crippen LogP contribution is -2.22. The van der Waals surface area contributed by atoms with Gasteiger partial charge in [-0.2, -0.15) is 0 Å². The van der Waals surface area contributed by atoms with Crippen molar-refractivity contribution in [2.75, 3.05) is 6.61 Å². The normalized spacial score (nSPS) is 11.8. The molecule has 0 unspecified atom stereocenters. The number of esters is 1. The van der Waals surface area contributed by atoms with Crippen molar-refractivity contribution in [3.63, 3.8) is 0 Å². The molecule has 2 heteroatoms. The summed E-state index contributed by atoms with van der Waals surface area (Å²) in [5.74, 6) is 2.31. The van der Waals surface area contributed by atoms with Crippen molar-refractivity contribution in [3.05, 3.63) is 41.5 Å². The summed E-state index contributed by atoms with van der Waals surface area (Å²) in [6.07, 6.45) is 8.12. The number of hydrogen-bond acceptors (Lipinski definition) is 2. The molecule has 2 nitrogen and oxygen atoms in total. The van der Waals surface area contributed by atoms with Crippen molar-refractivity contribution < 1.29 is 9.53 Å². The molecule has 0 aliphatic rings. The van der Waals surface area contributed by atoms with Gasteiger partial charge in [0.05, 0.1) is 17.6 Å². The van der Waals surface area contributed by atoms with Gasteiger partial charge in [0.15, 0.2) is 0 Å². The first-order chi connectivity index (χ1) is 9.01. The van der Waals surface area contributed by atoms with E-state index in [1.54, 1.807) is 6.08 Å². The summed E-state index contributed by atoms with van der Waals surface area (Å²) in [6, 6.07) is 9.63. The lowest BCUT2D eigenvalue weighted by Gasteiger charge is -2.20. The van der Waals surface area contributed by atoms with Gasteiger partial charge in [-0.3, -0.25) is 0 Å². The van der Waals surface area contributed by atoms with E-state index in [1.165, 1.54) is 0 Å². The predicted molar refractivity (Wildman–Crippen MR) is 78.3 cm³/mol. The first-order valence-corrected chi connectivity index (χ1v) is 6.43. The van der Waals surface area contributed by atoms with Crippen LogP contribution in [0.15, 0.2) is 35.9 Å². The highest BCUT2D eigenvalue weighted by Gasteiger charge is 2.27. The van der Waals surface area contributed by atoms with Crippen molar-refractivity contribution in [3.8, 4) is 12.3 Å². The fraction of sp³-hybridized carbons (Fsp3) is 0.353. The maximum Gasteiger partial charge on any atom is 0.335 e. The molecule has 0 saturated heterocycles. The number of carbonyl (C=O) groups excluding carboxylic acids is 1. The fourth-order valence-electron chi connectivity index (χ4n) is 1.56. The van der Waals surface area contributed by atoms with Crippen LogP contribution < -0.4 is 0 Å². The Kier molecular flexibility index (Phi) is 5.38. The zero-order chi connectivity index (χ0) is 14.3. The van der Waals surface area contributed by atoms with Gasteiger partial charge in [0.2, 0.25) is 0 Å². The van der Waals surface area contributed by atoms with Gasteiger partial charge >= 0.3 is 5.97 Å². The number of rotatable bonds is 5. The van der Waals surface area contributed by atoms with Crippen LogP contribution in [0.2, 0.25) is 0 Å². The van der Waals surface area contributed by atoms with E-state index in [9.17, 15) is 4.79 Å². The van der Waals surface area contributed by atoms with Crippen LogP contribution in [0.3, 0.4) is 0 Å². The molecule has 0 heterocycles. The number of benzene rings is 1. The van der Waals surface area contributed by atoms with E-state index in [0.29, 0.717) is 12.2 Å². The smallest absolute Gasteiger partial charge is 0.335 e. The Morgan fingerprint density at radius 1 is 1.37 bits per heavy atom. The van der Waals surface area contributed by atoms with Crippen molar-refractivity contribution in [2.45, 2.75) is 27.2 Å². The van der Waals surface area contributed by atoms with Crippen LogP contribution in [-0.2, 0) is 9.53 Å². The summed E-state index contributed by atoms with van der Waals surface area (Å²) >= 11 is 0. The molecule has 0 aromatic heterocycles. The maximum absolute atomic E-state index is 12.1. The summed E-state index contributed by atoms with van der Waals surface area (Å²) in [4.78, 5) is 12.1. The zero-order valence-corrected chi connectivity index (χ0v) is 11.8. The second-order valence-electron chi connectivity index (χ2n) is 4.87. The molecule has 19 heavy (non-hydrogen) atoms. The number of terminal acetylenes is 1. The van der Waals surface area contributed by atoms with E-state index >= 15 is 0 Å². The molecule has 0 radical (unpaired) electrons. The Balaban J connectivity index is 3.11.